The highest BCUT2D eigenvalue weighted by atomic mass is 35.5. The minimum absolute atomic E-state index is 0.862. The number of hydrogen-bond acceptors (Lipinski definition) is 1. The van der Waals surface area contributed by atoms with Crippen LogP contribution in [0.15, 0.2) is 24.3 Å². The zero-order chi connectivity index (χ0) is 9.84. The smallest absolute Gasteiger partial charge is 0.0584 e. The molecule has 0 amide bonds. The molecule has 0 aliphatic rings. The van der Waals surface area contributed by atoms with Crippen LogP contribution in [0.25, 0.3) is 10.1 Å². The van der Waals surface area contributed by atoms with E-state index in [1.54, 1.807) is 11.3 Å². The summed E-state index contributed by atoms with van der Waals surface area (Å²) in [4.78, 5) is 1.31. The van der Waals surface area contributed by atoms with Crippen molar-refractivity contribution in [2.45, 2.75) is 20.8 Å². The van der Waals surface area contributed by atoms with Gasteiger partial charge >= 0.3 is 0 Å². The second-order valence-electron chi connectivity index (χ2n) is 2.52. The van der Waals surface area contributed by atoms with Gasteiger partial charge in [0.1, 0.15) is 0 Å². The van der Waals surface area contributed by atoms with E-state index >= 15 is 0 Å². The van der Waals surface area contributed by atoms with Gasteiger partial charge in [-0.3, -0.25) is 0 Å². The van der Waals surface area contributed by atoms with Crippen molar-refractivity contribution < 1.29 is 0 Å². The Morgan fingerprint density at radius 3 is 2.54 bits per heavy atom. The molecule has 0 nitrogen and oxygen atoms in total. The van der Waals surface area contributed by atoms with Crippen LogP contribution in [-0.2, 0) is 0 Å². The predicted molar refractivity (Wildman–Crippen MR) is 62.9 cm³/mol. The zero-order valence-corrected chi connectivity index (χ0v) is 9.67. The largest absolute Gasteiger partial charge is 0.139 e. The van der Waals surface area contributed by atoms with Crippen LogP contribution < -0.4 is 0 Å². The molecule has 2 rings (SSSR count). The number of hydrogen-bond donors (Lipinski definition) is 0. The van der Waals surface area contributed by atoms with Gasteiger partial charge < -0.3 is 0 Å². The standard InChI is InChI=1S/C9H7ClS.C2H6/c1-6-5-7-3-2-4-8(10)9(7)11-6;1-2/h2-5H,1H3;1-2H3. The topological polar surface area (TPSA) is 0 Å². The maximum Gasteiger partial charge on any atom is 0.0584 e. The summed E-state index contributed by atoms with van der Waals surface area (Å²) in [6.45, 7) is 6.10. The first-order chi connectivity index (χ1) is 6.27. The lowest BCUT2D eigenvalue weighted by Crippen LogP contribution is -1.62. The fraction of sp³-hybridized carbons (Fsp3) is 0.273. The van der Waals surface area contributed by atoms with Gasteiger partial charge in [0, 0.05) is 4.88 Å². The summed E-state index contributed by atoms with van der Waals surface area (Å²) < 4.78 is 1.20. The highest BCUT2D eigenvalue weighted by molar-refractivity contribution is 7.19. The van der Waals surface area contributed by atoms with Crippen LogP contribution in [0.1, 0.15) is 18.7 Å². The third-order valence-corrected chi connectivity index (χ3v) is 3.15. The van der Waals surface area contributed by atoms with Crippen molar-refractivity contribution in [2.24, 2.45) is 0 Å². The van der Waals surface area contributed by atoms with Crippen molar-refractivity contribution in [1.82, 2.24) is 0 Å². The van der Waals surface area contributed by atoms with Crippen molar-refractivity contribution in [2.75, 3.05) is 0 Å². The summed E-state index contributed by atoms with van der Waals surface area (Å²) in [7, 11) is 0. The third-order valence-electron chi connectivity index (χ3n) is 1.62. The van der Waals surface area contributed by atoms with E-state index in [4.69, 9.17) is 11.6 Å². The first kappa shape index (κ1) is 10.6. The van der Waals surface area contributed by atoms with E-state index in [1.165, 1.54) is 15.0 Å². The lowest BCUT2D eigenvalue weighted by Gasteiger charge is -1.89. The molecule has 0 unspecified atom stereocenters. The van der Waals surface area contributed by atoms with Crippen LogP contribution in [0.4, 0.5) is 0 Å². The molecule has 0 aliphatic heterocycles. The molecule has 1 aromatic carbocycles. The normalized spacial score (nSPS) is 9.54. The molecule has 0 bridgehead atoms. The fourth-order valence-electron chi connectivity index (χ4n) is 1.16. The maximum atomic E-state index is 5.98. The molecule has 1 heterocycles. The Balaban J connectivity index is 0.000000396. The summed E-state index contributed by atoms with van der Waals surface area (Å²) >= 11 is 7.73. The number of rotatable bonds is 0. The number of benzene rings is 1. The minimum Gasteiger partial charge on any atom is -0.139 e. The monoisotopic (exact) mass is 212 g/mol. The summed E-state index contributed by atoms with van der Waals surface area (Å²) in [5.74, 6) is 0. The van der Waals surface area contributed by atoms with Crippen LogP contribution in [0.2, 0.25) is 5.02 Å². The first-order valence-electron chi connectivity index (χ1n) is 4.42. The highest BCUT2D eigenvalue weighted by Gasteiger charge is 2.00. The van der Waals surface area contributed by atoms with Gasteiger partial charge in [-0.05, 0) is 24.4 Å². The second kappa shape index (κ2) is 4.64. The minimum atomic E-state index is 0.862. The first-order valence-corrected chi connectivity index (χ1v) is 5.61. The molecule has 0 radical (unpaired) electrons. The Hall–Kier alpha value is -0.530. The van der Waals surface area contributed by atoms with Gasteiger partial charge in [-0.15, -0.1) is 11.3 Å². The van der Waals surface area contributed by atoms with E-state index in [1.807, 2.05) is 26.0 Å². The Morgan fingerprint density at radius 1 is 1.23 bits per heavy atom. The average molecular weight is 213 g/mol. The molecule has 0 atom stereocenters. The van der Waals surface area contributed by atoms with Crippen LogP contribution >= 0.6 is 22.9 Å². The van der Waals surface area contributed by atoms with Gasteiger partial charge in [0.05, 0.1) is 9.72 Å². The van der Waals surface area contributed by atoms with Crippen LogP contribution in [-0.4, -0.2) is 0 Å². The molecule has 13 heavy (non-hydrogen) atoms. The average Bonchev–Trinajstić information content (AvgIpc) is 2.51. The summed E-state index contributed by atoms with van der Waals surface area (Å²) in [5.41, 5.74) is 0. The van der Waals surface area contributed by atoms with E-state index in [0.717, 1.165) is 5.02 Å². The Bertz CT molecular complexity index is 390. The van der Waals surface area contributed by atoms with Crippen molar-refractivity contribution >= 4 is 33.0 Å². The molecule has 0 N–H and O–H groups in total. The summed E-state index contributed by atoms with van der Waals surface area (Å²) in [6.07, 6.45) is 0. The molecule has 1 aromatic heterocycles. The predicted octanol–water partition coefficient (Wildman–Crippen LogP) is 4.89. The molecule has 0 fully saturated rings. The zero-order valence-electron chi connectivity index (χ0n) is 8.10. The molecule has 2 aromatic rings. The quantitative estimate of drug-likeness (QED) is 0.583. The molecule has 0 saturated carbocycles. The lowest BCUT2D eigenvalue weighted by molar-refractivity contribution is 1.50. The van der Waals surface area contributed by atoms with Crippen LogP contribution in [0, 0.1) is 6.92 Å². The number of halogens is 1. The van der Waals surface area contributed by atoms with Crippen molar-refractivity contribution in [3.63, 3.8) is 0 Å². The van der Waals surface area contributed by atoms with Crippen molar-refractivity contribution in [3.8, 4) is 0 Å². The summed E-state index contributed by atoms with van der Waals surface area (Å²) in [5, 5.41) is 2.11. The van der Waals surface area contributed by atoms with E-state index < -0.39 is 0 Å². The van der Waals surface area contributed by atoms with E-state index in [-0.39, 0.29) is 0 Å². The van der Waals surface area contributed by atoms with E-state index in [2.05, 4.69) is 19.1 Å². The van der Waals surface area contributed by atoms with E-state index in [9.17, 15) is 0 Å². The van der Waals surface area contributed by atoms with Crippen LogP contribution in [0.5, 0.6) is 0 Å². The molecule has 2 heteroatoms. The molecular weight excluding hydrogens is 200 g/mol. The SMILES string of the molecule is CC.Cc1cc2cccc(Cl)c2s1. The number of fused-ring (bicyclic) bond motifs is 1. The molecule has 0 saturated heterocycles. The second-order valence-corrected chi connectivity index (χ2v) is 4.18. The Labute approximate surface area is 88.2 Å². The molecule has 0 aliphatic carbocycles. The third kappa shape index (κ3) is 2.23. The van der Waals surface area contributed by atoms with Gasteiger partial charge in [-0.25, -0.2) is 0 Å². The summed E-state index contributed by atoms with van der Waals surface area (Å²) in [6, 6.07) is 8.16. The number of thiophene rings is 1. The van der Waals surface area contributed by atoms with E-state index in [0.29, 0.717) is 0 Å². The van der Waals surface area contributed by atoms with Gasteiger partial charge in [0.25, 0.3) is 0 Å². The Kier molecular flexibility index (Phi) is 3.76. The van der Waals surface area contributed by atoms with Crippen LogP contribution in [0.3, 0.4) is 0 Å². The van der Waals surface area contributed by atoms with Crippen molar-refractivity contribution in [1.29, 1.82) is 0 Å². The molecule has 0 spiro atoms. The fourth-order valence-corrected chi connectivity index (χ4v) is 2.37. The number of aryl methyl sites for hydroxylation is 1. The molecular formula is C11H13ClS. The van der Waals surface area contributed by atoms with Gasteiger partial charge in [0.15, 0.2) is 0 Å². The van der Waals surface area contributed by atoms with Crippen molar-refractivity contribution in [3.05, 3.63) is 34.2 Å². The highest BCUT2D eigenvalue weighted by Crippen LogP contribution is 2.30. The van der Waals surface area contributed by atoms with Gasteiger partial charge in [-0.2, -0.15) is 0 Å². The van der Waals surface area contributed by atoms with Gasteiger partial charge in [0.2, 0.25) is 0 Å². The van der Waals surface area contributed by atoms with Gasteiger partial charge in [-0.1, -0.05) is 37.6 Å². The lowest BCUT2D eigenvalue weighted by atomic mass is 10.2. The molecule has 70 valence electrons. The Morgan fingerprint density at radius 2 is 1.92 bits per heavy atom. The maximum absolute atomic E-state index is 5.98.